The van der Waals surface area contributed by atoms with Gasteiger partial charge in [-0.25, -0.2) is 16.8 Å². The lowest BCUT2D eigenvalue weighted by molar-refractivity contribution is -0.121. The maximum Gasteiger partial charge on any atom is 0.261 e. The molecule has 0 bridgehead atoms. The van der Waals surface area contributed by atoms with Crippen LogP contribution in [0.5, 0.6) is 0 Å². The summed E-state index contributed by atoms with van der Waals surface area (Å²) in [6.07, 6.45) is 0.238. The molecule has 0 radical (unpaired) electrons. The Balaban J connectivity index is 1.49. The highest BCUT2D eigenvalue weighted by Crippen LogP contribution is 2.31. The van der Waals surface area contributed by atoms with Crippen molar-refractivity contribution in [2.24, 2.45) is 0 Å². The largest absolute Gasteiger partial charge is 0.280 e. The van der Waals surface area contributed by atoms with Gasteiger partial charge in [-0.2, -0.15) is 0 Å². The maximum atomic E-state index is 12.7. The summed E-state index contributed by atoms with van der Waals surface area (Å²) in [5.74, 6) is -0.684. The second-order valence-electron chi connectivity index (χ2n) is 7.45. The van der Waals surface area contributed by atoms with Crippen molar-refractivity contribution >= 4 is 72.1 Å². The van der Waals surface area contributed by atoms with Crippen LogP contribution in [0.4, 0.5) is 17.1 Å². The van der Waals surface area contributed by atoms with Gasteiger partial charge in [-0.3, -0.25) is 23.9 Å². The molecule has 1 aliphatic heterocycles. The zero-order valence-corrected chi connectivity index (χ0v) is 20.9. The first kappa shape index (κ1) is 25.0. The fraction of sp³-hybridized carbons (Fsp3) is 0.0909. The number of amides is 2. The normalized spacial score (nSPS) is 14.3. The van der Waals surface area contributed by atoms with Crippen molar-refractivity contribution in [1.82, 2.24) is 0 Å². The van der Waals surface area contributed by atoms with Crippen molar-refractivity contribution in [3.63, 3.8) is 0 Å². The monoisotopic (exact) mass is 553 g/mol. The van der Waals surface area contributed by atoms with Crippen molar-refractivity contribution in [2.45, 2.75) is 22.6 Å². The number of nitrogens with zero attached hydrogens (tertiary/aromatic N) is 1. The minimum Gasteiger partial charge on any atom is -0.280 e. The number of halogens is 2. The van der Waals surface area contributed by atoms with Gasteiger partial charge in [0.1, 0.15) is 0 Å². The molecule has 4 rings (SSSR count). The Kier molecular flexibility index (Phi) is 6.78. The molecule has 182 valence electrons. The molecule has 35 heavy (non-hydrogen) atoms. The SMILES string of the molecule is O=C1CCC(=O)N1c1ccc(S(=O)(=O)Nc2ccc(S(=O)(=O)Nc3cccc(Cl)c3Cl)cc2)cc1. The van der Waals surface area contributed by atoms with E-state index in [2.05, 4.69) is 9.44 Å². The number of imide groups is 1. The van der Waals surface area contributed by atoms with Crippen molar-refractivity contribution < 1.29 is 26.4 Å². The molecule has 3 aromatic carbocycles. The zero-order chi connectivity index (χ0) is 25.4. The van der Waals surface area contributed by atoms with Gasteiger partial charge in [-0.05, 0) is 60.7 Å². The van der Waals surface area contributed by atoms with E-state index < -0.39 is 20.0 Å². The van der Waals surface area contributed by atoms with E-state index in [9.17, 15) is 26.4 Å². The van der Waals surface area contributed by atoms with Gasteiger partial charge in [0.05, 0.1) is 31.2 Å². The minimum atomic E-state index is -4.02. The molecule has 1 aliphatic rings. The lowest BCUT2D eigenvalue weighted by atomic mass is 10.3. The number of carbonyl (C=O) groups excluding carboxylic acids is 2. The summed E-state index contributed by atoms with van der Waals surface area (Å²) in [6, 6.07) is 14.8. The smallest absolute Gasteiger partial charge is 0.261 e. The fourth-order valence-corrected chi connectivity index (χ4v) is 5.88. The van der Waals surface area contributed by atoms with Crippen LogP contribution in [0.25, 0.3) is 0 Å². The van der Waals surface area contributed by atoms with Crippen molar-refractivity contribution in [3.05, 3.63) is 76.8 Å². The minimum absolute atomic E-state index is 0.0478. The Hall–Kier alpha value is -3.12. The van der Waals surface area contributed by atoms with Crippen LogP contribution in [0.2, 0.25) is 10.0 Å². The Morgan fingerprint density at radius 1 is 0.686 bits per heavy atom. The van der Waals surface area contributed by atoms with E-state index >= 15 is 0 Å². The van der Waals surface area contributed by atoms with E-state index in [-0.39, 0.29) is 55.9 Å². The molecule has 2 N–H and O–H groups in total. The average molecular weight is 554 g/mol. The lowest BCUT2D eigenvalue weighted by Crippen LogP contribution is -2.28. The first-order valence-corrected chi connectivity index (χ1v) is 13.8. The van der Waals surface area contributed by atoms with Crippen molar-refractivity contribution in [2.75, 3.05) is 14.3 Å². The van der Waals surface area contributed by atoms with E-state index in [0.717, 1.165) is 4.90 Å². The molecule has 0 aliphatic carbocycles. The van der Waals surface area contributed by atoms with E-state index in [0.29, 0.717) is 5.69 Å². The Morgan fingerprint density at radius 3 is 1.77 bits per heavy atom. The number of hydrogen-bond acceptors (Lipinski definition) is 6. The van der Waals surface area contributed by atoms with E-state index in [1.54, 1.807) is 0 Å². The molecule has 0 saturated carbocycles. The second kappa shape index (κ2) is 9.50. The predicted octanol–water partition coefficient (Wildman–Crippen LogP) is 4.25. The third-order valence-corrected chi connectivity index (χ3v) is 8.67. The summed E-state index contributed by atoms with van der Waals surface area (Å²) in [5, 5.41) is 0.231. The van der Waals surface area contributed by atoms with Crippen LogP contribution >= 0.6 is 23.2 Å². The first-order chi connectivity index (χ1) is 16.5. The standard InChI is InChI=1S/C22H17Cl2N3O6S2/c23-18-2-1-3-19(22(18)24)26-35(32,33)16-8-4-14(5-9-16)25-34(30,31)17-10-6-15(7-11-17)27-20(28)12-13-21(27)29/h1-11,25-26H,12-13H2. The molecule has 1 heterocycles. The molecule has 0 unspecified atom stereocenters. The molecule has 1 fully saturated rings. The average Bonchev–Trinajstić information content (AvgIpc) is 3.15. The van der Waals surface area contributed by atoms with Crippen molar-refractivity contribution in [1.29, 1.82) is 0 Å². The van der Waals surface area contributed by atoms with Gasteiger partial charge in [-0.1, -0.05) is 29.3 Å². The summed E-state index contributed by atoms with van der Waals surface area (Å²) in [7, 11) is -8.04. The van der Waals surface area contributed by atoms with Gasteiger partial charge in [0.15, 0.2) is 0 Å². The topological polar surface area (TPSA) is 130 Å². The Labute approximate surface area is 211 Å². The number of rotatable bonds is 7. The van der Waals surface area contributed by atoms with Crippen molar-refractivity contribution in [3.8, 4) is 0 Å². The maximum absolute atomic E-state index is 12.7. The Bertz CT molecular complexity index is 1510. The van der Waals surface area contributed by atoms with Gasteiger partial charge in [0.2, 0.25) is 11.8 Å². The number of hydrogen-bond donors (Lipinski definition) is 2. The summed E-state index contributed by atoms with van der Waals surface area (Å²) >= 11 is 11.9. The number of benzene rings is 3. The summed E-state index contributed by atoms with van der Waals surface area (Å²) in [6.45, 7) is 0. The highest BCUT2D eigenvalue weighted by atomic mass is 35.5. The van der Waals surface area contributed by atoms with Crippen LogP contribution in [0.1, 0.15) is 12.8 Å². The molecule has 3 aromatic rings. The quantitative estimate of drug-likeness (QED) is 0.420. The molecule has 0 aromatic heterocycles. The van der Waals surface area contributed by atoms with Crippen LogP contribution in [-0.2, 0) is 29.6 Å². The molecule has 13 heteroatoms. The molecular formula is C22H17Cl2N3O6S2. The fourth-order valence-electron chi connectivity index (χ4n) is 3.34. The van der Waals surface area contributed by atoms with Gasteiger partial charge in [-0.15, -0.1) is 0 Å². The molecule has 0 spiro atoms. The summed E-state index contributed by atoms with van der Waals surface area (Å²) < 4.78 is 55.5. The lowest BCUT2D eigenvalue weighted by Gasteiger charge is -2.15. The summed E-state index contributed by atoms with van der Waals surface area (Å²) in [5.41, 5.74) is 0.516. The molecule has 2 amide bonds. The van der Waals surface area contributed by atoms with Gasteiger partial charge >= 0.3 is 0 Å². The molecule has 1 saturated heterocycles. The molecule has 0 atom stereocenters. The van der Waals surface area contributed by atoms with Crippen LogP contribution in [0.3, 0.4) is 0 Å². The van der Waals surface area contributed by atoms with Crippen LogP contribution < -0.4 is 14.3 Å². The van der Waals surface area contributed by atoms with E-state index in [1.165, 1.54) is 66.7 Å². The molecular weight excluding hydrogens is 537 g/mol. The van der Waals surface area contributed by atoms with Crippen LogP contribution in [-0.4, -0.2) is 28.6 Å². The third kappa shape index (κ3) is 5.27. The number of sulfonamides is 2. The van der Waals surface area contributed by atoms with Gasteiger partial charge < -0.3 is 0 Å². The number of anilines is 3. The predicted molar refractivity (Wildman–Crippen MR) is 133 cm³/mol. The van der Waals surface area contributed by atoms with Gasteiger partial charge in [0, 0.05) is 18.5 Å². The third-order valence-electron chi connectivity index (χ3n) is 5.07. The number of carbonyl (C=O) groups is 2. The highest BCUT2D eigenvalue weighted by molar-refractivity contribution is 7.93. The van der Waals surface area contributed by atoms with Crippen LogP contribution in [0.15, 0.2) is 76.5 Å². The zero-order valence-electron chi connectivity index (χ0n) is 17.7. The summed E-state index contributed by atoms with van der Waals surface area (Å²) in [4.78, 5) is 24.5. The molecule has 9 nitrogen and oxygen atoms in total. The van der Waals surface area contributed by atoms with E-state index in [1.807, 2.05) is 0 Å². The van der Waals surface area contributed by atoms with Crippen LogP contribution in [0, 0.1) is 0 Å². The van der Waals surface area contributed by atoms with Gasteiger partial charge in [0.25, 0.3) is 20.0 Å². The number of nitrogens with one attached hydrogen (secondary N) is 2. The van der Waals surface area contributed by atoms with E-state index in [4.69, 9.17) is 23.2 Å². The second-order valence-corrected chi connectivity index (χ2v) is 11.6. The first-order valence-electron chi connectivity index (χ1n) is 10.0. The highest BCUT2D eigenvalue weighted by Gasteiger charge is 2.30. The Morgan fingerprint density at radius 2 is 1.20 bits per heavy atom.